The molecule has 194 valence electrons. The quantitative estimate of drug-likeness (QED) is 0.331. The number of rotatable bonds is 11. The summed E-state index contributed by atoms with van der Waals surface area (Å²) in [6, 6.07) is 25.5. The lowest BCUT2D eigenvalue weighted by molar-refractivity contribution is -0.139. The van der Waals surface area contributed by atoms with Crippen molar-refractivity contribution in [3.8, 4) is 0 Å². The second-order valence-corrected chi connectivity index (χ2v) is 10.7. The van der Waals surface area contributed by atoms with Gasteiger partial charge in [-0.1, -0.05) is 92.1 Å². The predicted molar refractivity (Wildman–Crippen MR) is 149 cm³/mol. The fraction of sp³-hybridized carbons (Fsp3) is 0.355. The maximum Gasteiger partial charge on any atom is 0.243 e. The van der Waals surface area contributed by atoms with Gasteiger partial charge in [-0.25, -0.2) is 4.39 Å². The van der Waals surface area contributed by atoms with Crippen molar-refractivity contribution in [1.82, 2.24) is 10.2 Å². The van der Waals surface area contributed by atoms with Crippen LogP contribution in [0.15, 0.2) is 84.9 Å². The Hall–Kier alpha value is -3.12. The van der Waals surface area contributed by atoms with Crippen molar-refractivity contribution in [2.24, 2.45) is 0 Å². The van der Waals surface area contributed by atoms with Crippen LogP contribution in [0.1, 0.15) is 48.8 Å². The molecule has 0 spiro atoms. The molecule has 1 fully saturated rings. The minimum Gasteiger partial charge on any atom is -0.352 e. The number of halogens is 1. The minimum absolute atomic E-state index is 0.0926. The van der Waals surface area contributed by atoms with Gasteiger partial charge in [-0.15, -0.1) is 11.8 Å². The Balaban J connectivity index is 1.56. The first-order valence-electron chi connectivity index (χ1n) is 13.1. The summed E-state index contributed by atoms with van der Waals surface area (Å²) in [6.07, 6.45) is 5.81. The molecule has 0 aromatic heterocycles. The van der Waals surface area contributed by atoms with Crippen LogP contribution in [-0.2, 0) is 28.3 Å². The fourth-order valence-corrected chi connectivity index (χ4v) is 5.67. The molecule has 4 nitrogen and oxygen atoms in total. The zero-order valence-electron chi connectivity index (χ0n) is 21.2. The van der Waals surface area contributed by atoms with Gasteiger partial charge in [0.05, 0.1) is 5.75 Å². The van der Waals surface area contributed by atoms with E-state index in [4.69, 9.17) is 0 Å². The Morgan fingerprint density at radius 2 is 1.46 bits per heavy atom. The highest BCUT2D eigenvalue weighted by atomic mass is 32.2. The van der Waals surface area contributed by atoms with Crippen molar-refractivity contribution < 1.29 is 14.0 Å². The second kappa shape index (κ2) is 14.0. The SMILES string of the molecule is O=C(NC1CCCCC1)[C@H](Cc1ccccc1)N(Cc1ccc(F)cc1)C(=O)CSCc1ccccc1. The molecular formula is C31H35FN2O2S. The third kappa shape index (κ3) is 8.46. The maximum absolute atomic E-state index is 13.7. The molecule has 0 saturated heterocycles. The largest absolute Gasteiger partial charge is 0.352 e. The molecule has 1 aliphatic carbocycles. The number of carbonyl (C=O) groups is 2. The summed E-state index contributed by atoms with van der Waals surface area (Å²) in [4.78, 5) is 29.1. The van der Waals surface area contributed by atoms with Gasteiger partial charge in [0.25, 0.3) is 0 Å². The molecule has 37 heavy (non-hydrogen) atoms. The van der Waals surface area contributed by atoms with E-state index >= 15 is 0 Å². The maximum atomic E-state index is 13.7. The lowest BCUT2D eigenvalue weighted by Crippen LogP contribution is -2.53. The van der Waals surface area contributed by atoms with Crippen molar-refractivity contribution in [2.75, 3.05) is 5.75 Å². The first-order chi connectivity index (χ1) is 18.1. The Kier molecular flexibility index (Phi) is 10.2. The van der Waals surface area contributed by atoms with E-state index in [-0.39, 0.29) is 36.0 Å². The highest BCUT2D eigenvalue weighted by Crippen LogP contribution is 2.21. The van der Waals surface area contributed by atoms with Crippen LogP contribution in [0.3, 0.4) is 0 Å². The Morgan fingerprint density at radius 3 is 2.11 bits per heavy atom. The standard InChI is InChI=1S/C31H35FN2O2S/c32-27-18-16-25(17-19-27)21-34(30(35)23-37-22-26-12-6-2-7-13-26)29(20-24-10-4-1-5-11-24)31(36)33-28-14-8-3-9-15-28/h1-2,4-7,10-13,16-19,28-29H,3,8-9,14-15,20-23H2,(H,33,36)/t29-/m0/s1. The Morgan fingerprint density at radius 1 is 0.838 bits per heavy atom. The number of carbonyl (C=O) groups excluding carboxylic acids is 2. The molecule has 6 heteroatoms. The number of thioether (sulfide) groups is 1. The van der Waals surface area contributed by atoms with Gasteiger partial charge < -0.3 is 10.2 Å². The Bertz CT molecular complexity index is 1120. The zero-order chi connectivity index (χ0) is 25.9. The van der Waals surface area contributed by atoms with Crippen LogP contribution < -0.4 is 5.32 Å². The number of benzene rings is 3. The van der Waals surface area contributed by atoms with E-state index in [0.717, 1.165) is 42.4 Å². The molecule has 4 rings (SSSR count). The molecule has 2 amide bonds. The summed E-state index contributed by atoms with van der Waals surface area (Å²) < 4.78 is 13.6. The van der Waals surface area contributed by atoms with Gasteiger partial charge in [0.15, 0.2) is 0 Å². The average Bonchev–Trinajstić information content (AvgIpc) is 2.93. The van der Waals surface area contributed by atoms with Crippen molar-refractivity contribution in [3.63, 3.8) is 0 Å². The van der Waals surface area contributed by atoms with Crippen LogP contribution >= 0.6 is 11.8 Å². The van der Waals surface area contributed by atoms with Crippen LogP contribution in [0, 0.1) is 5.82 Å². The summed E-state index contributed by atoms with van der Waals surface area (Å²) in [7, 11) is 0. The summed E-state index contributed by atoms with van der Waals surface area (Å²) >= 11 is 1.54. The second-order valence-electron chi connectivity index (χ2n) is 9.68. The molecule has 1 saturated carbocycles. The van der Waals surface area contributed by atoms with E-state index in [2.05, 4.69) is 5.32 Å². The molecule has 1 atom stereocenters. The van der Waals surface area contributed by atoms with E-state index < -0.39 is 6.04 Å². The molecule has 0 unspecified atom stereocenters. The number of hydrogen-bond donors (Lipinski definition) is 1. The van der Waals surface area contributed by atoms with Gasteiger partial charge >= 0.3 is 0 Å². The molecule has 0 bridgehead atoms. The third-order valence-corrected chi connectivity index (χ3v) is 7.81. The van der Waals surface area contributed by atoms with E-state index in [1.807, 2.05) is 60.7 Å². The van der Waals surface area contributed by atoms with E-state index in [1.54, 1.807) is 28.8 Å². The monoisotopic (exact) mass is 518 g/mol. The number of nitrogens with one attached hydrogen (secondary N) is 1. The van der Waals surface area contributed by atoms with Crippen molar-refractivity contribution in [3.05, 3.63) is 107 Å². The summed E-state index contributed by atoms with van der Waals surface area (Å²) in [5, 5.41) is 3.25. The van der Waals surface area contributed by atoms with Gasteiger partial charge in [0.2, 0.25) is 11.8 Å². The lowest BCUT2D eigenvalue weighted by atomic mass is 9.94. The number of nitrogens with zero attached hydrogens (tertiary/aromatic N) is 1. The van der Waals surface area contributed by atoms with E-state index in [1.165, 1.54) is 18.6 Å². The minimum atomic E-state index is -0.654. The fourth-order valence-electron chi connectivity index (χ4n) is 4.80. The normalized spacial score (nSPS) is 14.6. The first-order valence-corrected chi connectivity index (χ1v) is 14.2. The van der Waals surface area contributed by atoms with Gasteiger partial charge in [0, 0.05) is 24.8 Å². The molecule has 3 aromatic carbocycles. The summed E-state index contributed by atoms with van der Waals surface area (Å²) in [5.41, 5.74) is 2.95. The predicted octanol–water partition coefficient (Wildman–Crippen LogP) is 6.15. The van der Waals surface area contributed by atoms with Gasteiger partial charge in [-0.2, -0.15) is 0 Å². The van der Waals surface area contributed by atoms with Crippen LogP contribution in [-0.4, -0.2) is 34.6 Å². The first kappa shape index (κ1) is 26.9. The molecular weight excluding hydrogens is 483 g/mol. The van der Waals surface area contributed by atoms with Crippen LogP contribution in [0.4, 0.5) is 4.39 Å². The van der Waals surface area contributed by atoms with Crippen LogP contribution in [0.25, 0.3) is 0 Å². The van der Waals surface area contributed by atoms with Crippen molar-refractivity contribution in [2.45, 2.75) is 62.9 Å². The van der Waals surface area contributed by atoms with Crippen molar-refractivity contribution >= 4 is 23.6 Å². The number of amides is 2. The third-order valence-electron chi connectivity index (χ3n) is 6.83. The number of hydrogen-bond acceptors (Lipinski definition) is 3. The van der Waals surface area contributed by atoms with Gasteiger partial charge in [0.1, 0.15) is 11.9 Å². The van der Waals surface area contributed by atoms with E-state index in [0.29, 0.717) is 12.2 Å². The van der Waals surface area contributed by atoms with Gasteiger partial charge in [-0.05, 0) is 41.7 Å². The molecule has 3 aromatic rings. The summed E-state index contributed by atoms with van der Waals surface area (Å²) in [5.74, 6) is 0.451. The lowest BCUT2D eigenvalue weighted by Gasteiger charge is -2.33. The topological polar surface area (TPSA) is 49.4 Å². The van der Waals surface area contributed by atoms with Crippen molar-refractivity contribution in [1.29, 1.82) is 0 Å². The molecule has 0 radical (unpaired) electrons. The molecule has 0 heterocycles. The highest BCUT2D eigenvalue weighted by molar-refractivity contribution is 7.99. The van der Waals surface area contributed by atoms with E-state index in [9.17, 15) is 14.0 Å². The smallest absolute Gasteiger partial charge is 0.243 e. The molecule has 1 aliphatic rings. The van der Waals surface area contributed by atoms with Gasteiger partial charge in [-0.3, -0.25) is 9.59 Å². The highest BCUT2D eigenvalue weighted by Gasteiger charge is 2.31. The molecule has 1 N–H and O–H groups in total. The summed E-state index contributed by atoms with van der Waals surface area (Å²) in [6.45, 7) is 0.251. The van der Waals surface area contributed by atoms with Crippen LogP contribution in [0.2, 0.25) is 0 Å². The molecule has 0 aliphatic heterocycles. The Labute approximate surface area is 223 Å². The average molecular weight is 519 g/mol. The zero-order valence-corrected chi connectivity index (χ0v) is 22.0. The van der Waals surface area contributed by atoms with Crippen LogP contribution in [0.5, 0.6) is 0 Å².